The lowest BCUT2D eigenvalue weighted by molar-refractivity contribution is 0.106. The minimum Gasteiger partial charge on any atom is -0.286 e. The number of hydrogen-bond donors (Lipinski definition) is 1. The van der Waals surface area contributed by atoms with Crippen LogP contribution in [0.5, 0.6) is 0 Å². The summed E-state index contributed by atoms with van der Waals surface area (Å²) in [6, 6.07) is 13.3. The molecule has 0 amide bonds. The summed E-state index contributed by atoms with van der Waals surface area (Å²) in [4.78, 5) is 12.2. The van der Waals surface area contributed by atoms with Crippen LogP contribution in [-0.4, -0.2) is 11.5 Å². The van der Waals surface area contributed by atoms with Crippen molar-refractivity contribution in [3.05, 3.63) is 63.6 Å². The van der Waals surface area contributed by atoms with Crippen molar-refractivity contribution in [3.63, 3.8) is 0 Å². The molecule has 2 aromatic rings. The summed E-state index contributed by atoms with van der Waals surface area (Å²) in [5.41, 5.74) is 4.20. The van der Waals surface area contributed by atoms with Gasteiger partial charge in [0, 0.05) is 15.6 Å². The number of nitriles is 1. The number of hydrazone groups is 1. The Hall–Kier alpha value is -2.35. The summed E-state index contributed by atoms with van der Waals surface area (Å²) in [7, 11) is 0. The molecule has 0 saturated heterocycles. The van der Waals surface area contributed by atoms with Gasteiger partial charge in [-0.25, -0.2) is 0 Å². The second-order valence-electron chi connectivity index (χ2n) is 4.43. The van der Waals surface area contributed by atoms with Crippen LogP contribution in [0, 0.1) is 18.3 Å². The highest BCUT2D eigenvalue weighted by atomic mass is 35.5. The third-order valence-corrected chi connectivity index (χ3v) is 3.64. The average molecular weight is 332 g/mol. The van der Waals surface area contributed by atoms with Gasteiger partial charge >= 0.3 is 0 Å². The van der Waals surface area contributed by atoms with E-state index in [1.807, 2.05) is 6.92 Å². The largest absolute Gasteiger partial charge is 0.286 e. The molecule has 6 heteroatoms. The Morgan fingerprint density at radius 1 is 1.18 bits per heavy atom. The molecule has 110 valence electrons. The van der Waals surface area contributed by atoms with Crippen LogP contribution in [0.15, 0.2) is 47.6 Å². The van der Waals surface area contributed by atoms with E-state index in [1.54, 1.807) is 48.5 Å². The van der Waals surface area contributed by atoms with E-state index < -0.39 is 5.78 Å². The van der Waals surface area contributed by atoms with Gasteiger partial charge in [-0.3, -0.25) is 10.2 Å². The van der Waals surface area contributed by atoms with Crippen LogP contribution in [0.3, 0.4) is 0 Å². The second-order valence-corrected chi connectivity index (χ2v) is 5.28. The first-order valence-electron chi connectivity index (χ1n) is 6.32. The molecule has 0 spiro atoms. The molecule has 2 aromatic carbocycles. The zero-order valence-electron chi connectivity index (χ0n) is 11.6. The van der Waals surface area contributed by atoms with Crippen molar-refractivity contribution in [3.8, 4) is 6.07 Å². The summed E-state index contributed by atoms with van der Waals surface area (Å²) in [6.07, 6.45) is 0. The number of Topliss-reactive ketones (excluding diaryl/α,β-unsaturated/α-hetero) is 1. The lowest BCUT2D eigenvalue weighted by Crippen LogP contribution is -2.14. The monoisotopic (exact) mass is 331 g/mol. The molecule has 22 heavy (non-hydrogen) atoms. The number of anilines is 1. The predicted octanol–water partition coefficient (Wildman–Crippen LogP) is 4.48. The van der Waals surface area contributed by atoms with E-state index in [0.29, 0.717) is 21.3 Å². The first-order valence-corrected chi connectivity index (χ1v) is 7.07. The van der Waals surface area contributed by atoms with Gasteiger partial charge < -0.3 is 0 Å². The van der Waals surface area contributed by atoms with Gasteiger partial charge in [-0.15, -0.1) is 0 Å². The molecular formula is C16H11Cl2N3O. The topological polar surface area (TPSA) is 65.2 Å². The highest BCUT2D eigenvalue weighted by Crippen LogP contribution is 2.22. The fourth-order valence-corrected chi connectivity index (χ4v) is 2.01. The van der Waals surface area contributed by atoms with Crippen LogP contribution in [0.2, 0.25) is 10.0 Å². The summed E-state index contributed by atoms with van der Waals surface area (Å²) < 4.78 is 0. The highest BCUT2D eigenvalue weighted by molar-refractivity contribution is 6.51. The van der Waals surface area contributed by atoms with Gasteiger partial charge in [0.05, 0.1) is 5.69 Å². The Labute approximate surface area is 138 Å². The van der Waals surface area contributed by atoms with Crippen molar-refractivity contribution >= 4 is 40.4 Å². The lowest BCUT2D eigenvalue weighted by Gasteiger charge is -2.06. The quantitative estimate of drug-likeness (QED) is 0.510. The molecule has 0 saturated carbocycles. The molecule has 0 unspecified atom stereocenters. The number of carbonyl (C=O) groups excluding carboxylic acids is 1. The van der Waals surface area contributed by atoms with Gasteiger partial charge in [0.25, 0.3) is 0 Å². The molecule has 0 aliphatic heterocycles. The standard InChI is InChI=1S/C16H11Cl2N3O/c1-10-13(18)3-2-4-14(10)20-21-15(9-19)16(22)11-5-7-12(17)8-6-11/h2-8,20H,1H3. The van der Waals surface area contributed by atoms with Crippen molar-refractivity contribution < 1.29 is 4.79 Å². The molecular weight excluding hydrogens is 321 g/mol. The number of ketones is 1. The van der Waals surface area contributed by atoms with Gasteiger partial charge in [-0.05, 0) is 48.9 Å². The van der Waals surface area contributed by atoms with E-state index in [2.05, 4.69) is 10.5 Å². The SMILES string of the molecule is Cc1c(Cl)cccc1NN=C(C#N)C(=O)c1ccc(Cl)cc1. The van der Waals surface area contributed by atoms with E-state index >= 15 is 0 Å². The van der Waals surface area contributed by atoms with Crippen LogP contribution in [0.25, 0.3) is 0 Å². The summed E-state index contributed by atoms with van der Waals surface area (Å²) >= 11 is 11.8. The van der Waals surface area contributed by atoms with Crippen molar-refractivity contribution in [1.29, 1.82) is 5.26 Å². The van der Waals surface area contributed by atoms with Gasteiger partial charge in [-0.2, -0.15) is 10.4 Å². The normalized spacial score (nSPS) is 10.9. The molecule has 0 aliphatic rings. The average Bonchev–Trinajstić information content (AvgIpc) is 2.52. The summed E-state index contributed by atoms with van der Waals surface area (Å²) in [5.74, 6) is -0.480. The predicted molar refractivity (Wildman–Crippen MR) is 88.6 cm³/mol. The first kappa shape index (κ1) is 16.0. The maximum atomic E-state index is 12.2. The summed E-state index contributed by atoms with van der Waals surface area (Å²) in [6.45, 7) is 1.81. The fourth-order valence-electron chi connectivity index (χ4n) is 1.71. The van der Waals surface area contributed by atoms with Crippen LogP contribution >= 0.6 is 23.2 Å². The van der Waals surface area contributed by atoms with Crippen LogP contribution < -0.4 is 5.43 Å². The number of nitrogens with zero attached hydrogens (tertiary/aromatic N) is 2. The minimum atomic E-state index is -0.480. The smallest absolute Gasteiger partial charge is 0.223 e. The Balaban J connectivity index is 2.24. The molecule has 2 rings (SSSR count). The zero-order chi connectivity index (χ0) is 16.1. The van der Waals surface area contributed by atoms with Gasteiger partial charge in [0.2, 0.25) is 11.5 Å². The van der Waals surface area contributed by atoms with Crippen molar-refractivity contribution in [2.24, 2.45) is 5.10 Å². The number of nitrogens with one attached hydrogen (secondary N) is 1. The number of hydrogen-bond acceptors (Lipinski definition) is 4. The second kappa shape index (κ2) is 7.08. The number of carbonyl (C=O) groups is 1. The molecule has 0 radical (unpaired) electrons. The highest BCUT2D eigenvalue weighted by Gasteiger charge is 2.14. The van der Waals surface area contributed by atoms with Gasteiger partial charge in [-0.1, -0.05) is 29.3 Å². The van der Waals surface area contributed by atoms with E-state index in [1.165, 1.54) is 0 Å². The minimum absolute atomic E-state index is 0.248. The Morgan fingerprint density at radius 3 is 2.50 bits per heavy atom. The summed E-state index contributed by atoms with van der Waals surface area (Å²) in [5, 5.41) is 14.1. The molecule has 1 N–H and O–H groups in total. The molecule has 0 heterocycles. The Bertz CT molecular complexity index is 777. The van der Waals surface area contributed by atoms with E-state index in [-0.39, 0.29) is 5.71 Å². The van der Waals surface area contributed by atoms with Crippen molar-refractivity contribution in [1.82, 2.24) is 0 Å². The van der Waals surface area contributed by atoms with Crippen LogP contribution in [0.1, 0.15) is 15.9 Å². The van der Waals surface area contributed by atoms with Crippen molar-refractivity contribution in [2.75, 3.05) is 5.43 Å². The van der Waals surface area contributed by atoms with Crippen molar-refractivity contribution in [2.45, 2.75) is 6.92 Å². The number of benzene rings is 2. The number of rotatable bonds is 4. The lowest BCUT2D eigenvalue weighted by atomic mass is 10.1. The zero-order valence-corrected chi connectivity index (χ0v) is 13.1. The van der Waals surface area contributed by atoms with Crippen LogP contribution in [-0.2, 0) is 0 Å². The Kier molecular flexibility index (Phi) is 5.16. The molecule has 0 bridgehead atoms. The maximum Gasteiger partial charge on any atom is 0.223 e. The Morgan fingerprint density at radius 2 is 1.86 bits per heavy atom. The molecule has 4 nitrogen and oxygen atoms in total. The van der Waals surface area contributed by atoms with Gasteiger partial charge in [0.1, 0.15) is 6.07 Å². The molecule has 0 aromatic heterocycles. The molecule has 0 aliphatic carbocycles. The van der Waals surface area contributed by atoms with Gasteiger partial charge in [0.15, 0.2) is 0 Å². The molecule has 0 fully saturated rings. The first-order chi connectivity index (χ1) is 10.5. The number of halogens is 2. The third kappa shape index (κ3) is 3.64. The van der Waals surface area contributed by atoms with Crippen LogP contribution in [0.4, 0.5) is 5.69 Å². The maximum absolute atomic E-state index is 12.2. The third-order valence-electron chi connectivity index (χ3n) is 2.98. The van der Waals surface area contributed by atoms with E-state index in [0.717, 1.165) is 5.56 Å². The van der Waals surface area contributed by atoms with E-state index in [9.17, 15) is 4.79 Å². The fraction of sp³-hybridized carbons (Fsp3) is 0.0625. The molecule has 0 atom stereocenters. The van der Waals surface area contributed by atoms with E-state index in [4.69, 9.17) is 28.5 Å².